The van der Waals surface area contributed by atoms with Crippen molar-refractivity contribution in [2.75, 3.05) is 45.2 Å². The molecule has 0 saturated carbocycles. The Morgan fingerprint density at radius 3 is 2.50 bits per heavy atom. The molecule has 1 aliphatic rings. The summed E-state index contributed by atoms with van der Waals surface area (Å²) in [4.78, 5) is 37.6. The van der Waals surface area contributed by atoms with Crippen molar-refractivity contribution in [3.63, 3.8) is 0 Å². The number of halogens is 4. The van der Waals surface area contributed by atoms with E-state index in [-0.39, 0.29) is 50.2 Å². The standard InChI is InChI=1S/C23H23ClF3N5O2/c1-30(2)19(33)13-18-20(15-6-5-14(24)12-17(15)29-18)22(34)32-10-8-31(9-11-32)21-16(23(25,26)27)4-3-7-28-21/h3-7,12,29H,8-11,13H2,1-2H3. The summed E-state index contributed by atoms with van der Waals surface area (Å²) in [7, 11) is 3.27. The summed E-state index contributed by atoms with van der Waals surface area (Å²) in [6.07, 6.45) is -3.19. The lowest BCUT2D eigenvalue weighted by molar-refractivity contribution is -0.137. The zero-order chi connectivity index (χ0) is 24.6. The predicted octanol–water partition coefficient (Wildman–Crippen LogP) is 3.83. The molecule has 3 aromatic rings. The van der Waals surface area contributed by atoms with Gasteiger partial charge in [-0.25, -0.2) is 4.98 Å². The summed E-state index contributed by atoms with van der Waals surface area (Å²) >= 11 is 6.10. The maximum absolute atomic E-state index is 13.5. The van der Waals surface area contributed by atoms with E-state index in [0.717, 1.165) is 6.07 Å². The van der Waals surface area contributed by atoms with Crippen LogP contribution in [0.3, 0.4) is 0 Å². The number of carbonyl (C=O) groups is 2. The summed E-state index contributed by atoms with van der Waals surface area (Å²) < 4.78 is 40.2. The van der Waals surface area contributed by atoms with Crippen LogP contribution in [0.5, 0.6) is 0 Å². The third-order valence-electron chi connectivity index (χ3n) is 5.84. The molecule has 0 bridgehead atoms. The zero-order valence-corrected chi connectivity index (χ0v) is 19.4. The molecule has 34 heavy (non-hydrogen) atoms. The molecule has 3 heterocycles. The Bertz CT molecular complexity index is 1230. The van der Waals surface area contributed by atoms with Gasteiger partial charge in [0.05, 0.1) is 17.5 Å². The van der Waals surface area contributed by atoms with Gasteiger partial charge in [0, 0.05) is 68.1 Å². The van der Waals surface area contributed by atoms with Crippen molar-refractivity contribution in [1.29, 1.82) is 0 Å². The van der Waals surface area contributed by atoms with Crippen LogP contribution in [0.4, 0.5) is 19.0 Å². The fourth-order valence-corrected chi connectivity index (χ4v) is 4.23. The highest BCUT2D eigenvalue weighted by Gasteiger charge is 2.37. The van der Waals surface area contributed by atoms with E-state index in [9.17, 15) is 22.8 Å². The van der Waals surface area contributed by atoms with Crippen LogP contribution in [0.15, 0.2) is 36.5 Å². The van der Waals surface area contributed by atoms with Gasteiger partial charge in [-0.05, 0) is 24.3 Å². The SMILES string of the molecule is CN(C)C(=O)Cc1[nH]c2cc(Cl)ccc2c1C(=O)N1CCN(c2ncccc2C(F)(F)F)CC1. The Kier molecular flexibility index (Phi) is 6.44. The van der Waals surface area contributed by atoms with Crippen molar-refractivity contribution in [3.8, 4) is 0 Å². The normalized spacial score (nSPS) is 14.5. The Morgan fingerprint density at radius 1 is 1.15 bits per heavy atom. The Morgan fingerprint density at radius 2 is 1.85 bits per heavy atom. The molecular weight excluding hydrogens is 471 g/mol. The second kappa shape index (κ2) is 9.17. The van der Waals surface area contributed by atoms with Crippen LogP contribution in [0, 0.1) is 0 Å². The number of hydrogen-bond donors (Lipinski definition) is 1. The highest BCUT2D eigenvalue weighted by Crippen LogP contribution is 2.35. The first kappa shape index (κ1) is 23.9. The van der Waals surface area contributed by atoms with Crippen molar-refractivity contribution < 1.29 is 22.8 Å². The molecule has 180 valence electrons. The lowest BCUT2D eigenvalue weighted by atomic mass is 10.1. The number of aromatic amines is 1. The molecule has 2 aromatic heterocycles. The van der Waals surface area contributed by atoms with Gasteiger partial charge in [-0.15, -0.1) is 0 Å². The summed E-state index contributed by atoms with van der Waals surface area (Å²) in [5.41, 5.74) is 0.698. The molecule has 0 spiro atoms. The number of piperazine rings is 1. The van der Waals surface area contributed by atoms with Crippen LogP contribution in [-0.4, -0.2) is 71.9 Å². The van der Waals surface area contributed by atoms with Crippen molar-refractivity contribution in [2.24, 2.45) is 0 Å². The van der Waals surface area contributed by atoms with Crippen LogP contribution in [0.2, 0.25) is 5.02 Å². The number of amides is 2. The van der Waals surface area contributed by atoms with Crippen LogP contribution < -0.4 is 4.90 Å². The number of likely N-dealkylation sites (N-methyl/N-ethyl adjacent to an activating group) is 1. The van der Waals surface area contributed by atoms with E-state index in [0.29, 0.717) is 27.2 Å². The molecule has 0 unspecified atom stereocenters. The van der Waals surface area contributed by atoms with Gasteiger partial charge >= 0.3 is 6.18 Å². The van der Waals surface area contributed by atoms with Gasteiger partial charge in [-0.2, -0.15) is 13.2 Å². The first-order valence-electron chi connectivity index (χ1n) is 10.6. The number of fused-ring (bicyclic) bond motifs is 1. The van der Waals surface area contributed by atoms with Crippen molar-refractivity contribution in [1.82, 2.24) is 19.8 Å². The Labute approximate surface area is 199 Å². The average molecular weight is 494 g/mol. The summed E-state index contributed by atoms with van der Waals surface area (Å²) in [6.45, 7) is 0.833. The van der Waals surface area contributed by atoms with Gasteiger partial charge < -0.3 is 19.7 Å². The number of anilines is 1. The number of nitrogens with zero attached hydrogens (tertiary/aromatic N) is 4. The number of rotatable bonds is 4. The van der Waals surface area contributed by atoms with E-state index in [1.807, 2.05) is 0 Å². The molecule has 1 aliphatic heterocycles. The average Bonchev–Trinajstić information content (AvgIpc) is 3.14. The fraction of sp³-hybridized carbons (Fsp3) is 0.348. The van der Waals surface area contributed by atoms with Crippen molar-refractivity contribution in [2.45, 2.75) is 12.6 Å². The number of H-pyrrole nitrogens is 1. The number of benzene rings is 1. The monoisotopic (exact) mass is 493 g/mol. The van der Waals surface area contributed by atoms with Crippen LogP contribution in [0.25, 0.3) is 10.9 Å². The minimum absolute atomic E-state index is 0.00319. The Balaban J connectivity index is 1.59. The number of pyridine rings is 1. The molecule has 11 heteroatoms. The van der Waals surface area contributed by atoms with Crippen molar-refractivity contribution in [3.05, 3.63) is 58.4 Å². The molecule has 1 fully saturated rings. The lowest BCUT2D eigenvalue weighted by Crippen LogP contribution is -2.49. The van der Waals surface area contributed by atoms with E-state index in [4.69, 9.17) is 11.6 Å². The van der Waals surface area contributed by atoms with Crippen LogP contribution in [0.1, 0.15) is 21.6 Å². The summed E-state index contributed by atoms with van der Waals surface area (Å²) in [6, 6.07) is 7.35. The molecule has 7 nitrogen and oxygen atoms in total. The van der Waals surface area contributed by atoms with E-state index < -0.39 is 11.7 Å². The number of hydrogen-bond acceptors (Lipinski definition) is 4. The van der Waals surface area contributed by atoms with Gasteiger partial charge in [-0.3, -0.25) is 9.59 Å². The van der Waals surface area contributed by atoms with Gasteiger partial charge in [0.15, 0.2) is 0 Å². The molecule has 2 amide bonds. The van der Waals surface area contributed by atoms with Crippen LogP contribution >= 0.6 is 11.6 Å². The minimum atomic E-state index is -4.52. The molecular formula is C23H23ClF3N5O2. The number of alkyl halides is 3. The highest BCUT2D eigenvalue weighted by atomic mass is 35.5. The minimum Gasteiger partial charge on any atom is -0.357 e. The van der Waals surface area contributed by atoms with E-state index >= 15 is 0 Å². The van der Waals surface area contributed by atoms with E-state index in [2.05, 4.69) is 9.97 Å². The molecule has 1 N–H and O–H groups in total. The molecule has 0 radical (unpaired) electrons. The third kappa shape index (κ3) is 4.68. The van der Waals surface area contributed by atoms with Crippen molar-refractivity contribution >= 4 is 40.1 Å². The first-order chi connectivity index (χ1) is 16.1. The van der Waals surface area contributed by atoms with Crippen LogP contribution in [-0.2, 0) is 17.4 Å². The predicted molar refractivity (Wildman–Crippen MR) is 123 cm³/mol. The van der Waals surface area contributed by atoms with Gasteiger partial charge in [0.25, 0.3) is 5.91 Å². The maximum atomic E-state index is 13.5. The second-order valence-corrected chi connectivity index (χ2v) is 8.72. The zero-order valence-electron chi connectivity index (χ0n) is 18.6. The smallest absolute Gasteiger partial charge is 0.357 e. The lowest BCUT2D eigenvalue weighted by Gasteiger charge is -2.36. The molecule has 1 saturated heterocycles. The summed E-state index contributed by atoms with van der Waals surface area (Å²) in [5.74, 6) is -0.598. The van der Waals surface area contributed by atoms with Gasteiger partial charge in [-0.1, -0.05) is 17.7 Å². The van der Waals surface area contributed by atoms with E-state index in [1.54, 1.807) is 37.2 Å². The molecule has 0 aliphatic carbocycles. The second-order valence-electron chi connectivity index (χ2n) is 8.28. The largest absolute Gasteiger partial charge is 0.419 e. The van der Waals surface area contributed by atoms with E-state index in [1.165, 1.54) is 22.1 Å². The Hall–Kier alpha value is -3.27. The number of nitrogens with one attached hydrogen (secondary N) is 1. The number of carbonyl (C=O) groups excluding carboxylic acids is 2. The fourth-order valence-electron chi connectivity index (χ4n) is 4.06. The summed E-state index contributed by atoms with van der Waals surface area (Å²) in [5, 5.41) is 1.13. The maximum Gasteiger partial charge on any atom is 0.419 e. The number of aromatic nitrogens is 2. The molecule has 0 atom stereocenters. The van der Waals surface area contributed by atoms with Gasteiger partial charge in [0.1, 0.15) is 5.82 Å². The first-order valence-corrected chi connectivity index (χ1v) is 11.0. The highest BCUT2D eigenvalue weighted by molar-refractivity contribution is 6.31. The quantitative estimate of drug-likeness (QED) is 0.599. The molecule has 1 aromatic carbocycles. The molecule has 4 rings (SSSR count). The topological polar surface area (TPSA) is 72.5 Å². The third-order valence-corrected chi connectivity index (χ3v) is 6.07. The van der Waals surface area contributed by atoms with Gasteiger partial charge in [0.2, 0.25) is 5.91 Å².